The van der Waals surface area contributed by atoms with Crippen LogP contribution in [0.2, 0.25) is 0 Å². The molecule has 2 aromatic heterocycles. The van der Waals surface area contributed by atoms with Gasteiger partial charge in [-0.2, -0.15) is 0 Å². The number of pyridine rings is 1. The first-order chi connectivity index (χ1) is 14.8. The van der Waals surface area contributed by atoms with Gasteiger partial charge in [0, 0.05) is 27.1 Å². The standard InChI is InChI=1S/C24H17N3O2S/c28-24(26-15-17-6-5-13-29-17)16-10-11-22-20(14-16)27-23(19-8-3-4-12-25-19)18-7-1-2-9-21(18)30-22/h1-14H,15H2,(H,26,28). The summed E-state index contributed by atoms with van der Waals surface area (Å²) in [5.74, 6) is 0.537. The minimum absolute atomic E-state index is 0.171. The van der Waals surface area contributed by atoms with Crippen molar-refractivity contribution >= 4 is 29.1 Å². The van der Waals surface area contributed by atoms with Crippen LogP contribution in [0.4, 0.5) is 5.69 Å². The number of fused-ring (bicyclic) bond motifs is 2. The highest BCUT2D eigenvalue weighted by Gasteiger charge is 2.20. The molecular weight excluding hydrogens is 394 g/mol. The Morgan fingerprint density at radius 1 is 0.967 bits per heavy atom. The van der Waals surface area contributed by atoms with Gasteiger partial charge in [0.15, 0.2) is 0 Å². The molecule has 1 N–H and O–H groups in total. The van der Waals surface area contributed by atoms with Crippen LogP contribution in [-0.2, 0) is 6.54 Å². The summed E-state index contributed by atoms with van der Waals surface area (Å²) in [7, 11) is 0. The summed E-state index contributed by atoms with van der Waals surface area (Å²) >= 11 is 1.64. The van der Waals surface area contributed by atoms with Gasteiger partial charge in [-0.15, -0.1) is 0 Å². The second kappa shape index (κ2) is 8.00. The maximum atomic E-state index is 12.7. The van der Waals surface area contributed by atoms with Gasteiger partial charge in [0.2, 0.25) is 0 Å². The van der Waals surface area contributed by atoms with Crippen molar-refractivity contribution in [1.29, 1.82) is 0 Å². The summed E-state index contributed by atoms with van der Waals surface area (Å²) in [5.41, 5.74) is 3.93. The van der Waals surface area contributed by atoms with E-state index in [0.29, 0.717) is 17.9 Å². The fraction of sp³-hybridized carbons (Fsp3) is 0.0417. The molecule has 0 spiro atoms. The molecule has 0 saturated heterocycles. The summed E-state index contributed by atoms with van der Waals surface area (Å²) in [6.45, 7) is 0.339. The summed E-state index contributed by atoms with van der Waals surface area (Å²) in [6, 6.07) is 23.2. The molecule has 1 aliphatic rings. The van der Waals surface area contributed by atoms with E-state index in [0.717, 1.165) is 32.4 Å². The third kappa shape index (κ3) is 3.65. The molecule has 2 aromatic carbocycles. The highest BCUT2D eigenvalue weighted by molar-refractivity contribution is 7.99. The predicted molar refractivity (Wildman–Crippen MR) is 116 cm³/mol. The first-order valence-corrected chi connectivity index (χ1v) is 10.3. The maximum Gasteiger partial charge on any atom is 0.251 e. The molecule has 0 unspecified atom stereocenters. The fourth-order valence-corrected chi connectivity index (χ4v) is 4.27. The Hall–Kier alpha value is -3.64. The minimum Gasteiger partial charge on any atom is -0.467 e. The molecule has 30 heavy (non-hydrogen) atoms. The molecule has 6 heteroatoms. The van der Waals surface area contributed by atoms with Gasteiger partial charge in [-0.3, -0.25) is 9.78 Å². The monoisotopic (exact) mass is 411 g/mol. The third-order valence-electron chi connectivity index (χ3n) is 4.73. The summed E-state index contributed by atoms with van der Waals surface area (Å²) in [4.78, 5) is 24.2. The van der Waals surface area contributed by atoms with Crippen molar-refractivity contribution in [3.63, 3.8) is 0 Å². The molecule has 0 fully saturated rings. The van der Waals surface area contributed by atoms with Gasteiger partial charge in [-0.1, -0.05) is 36.0 Å². The molecule has 3 heterocycles. The number of rotatable bonds is 4. The summed E-state index contributed by atoms with van der Waals surface area (Å²) in [5, 5.41) is 2.88. The van der Waals surface area contributed by atoms with Gasteiger partial charge in [0.05, 0.1) is 29.9 Å². The van der Waals surface area contributed by atoms with E-state index in [9.17, 15) is 4.79 Å². The van der Waals surface area contributed by atoms with E-state index in [1.807, 2.05) is 54.6 Å². The van der Waals surface area contributed by atoms with Crippen molar-refractivity contribution in [3.8, 4) is 0 Å². The van der Waals surface area contributed by atoms with Crippen LogP contribution in [0.3, 0.4) is 0 Å². The summed E-state index contributed by atoms with van der Waals surface area (Å²) < 4.78 is 5.28. The topological polar surface area (TPSA) is 67.5 Å². The molecule has 0 radical (unpaired) electrons. The van der Waals surface area contributed by atoms with Gasteiger partial charge in [-0.25, -0.2) is 4.99 Å². The molecule has 0 atom stereocenters. The minimum atomic E-state index is -0.171. The fourth-order valence-electron chi connectivity index (χ4n) is 3.26. The van der Waals surface area contributed by atoms with Crippen LogP contribution in [0.25, 0.3) is 0 Å². The number of carbonyl (C=O) groups is 1. The molecule has 0 aliphatic carbocycles. The Morgan fingerprint density at radius 3 is 2.70 bits per heavy atom. The maximum absolute atomic E-state index is 12.7. The van der Waals surface area contributed by atoms with Gasteiger partial charge < -0.3 is 9.73 Å². The van der Waals surface area contributed by atoms with Crippen LogP contribution in [0.15, 0.2) is 104 Å². The zero-order valence-electron chi connectivity index (χ0n) is 15.9. The molecule has 146 valence electrons. The van der Waals surface area contributed by atoms with E-state index in [-0.39, 0.29) is 5.91 Å². The molecule has 0 bridgehead atoms. The number of nitrogens with zero attached hydrogens (tertiary/aromatic N) is 2. The third-order valence-corrected chi connectivity index (χ3v) is 5.87. The highest BCUT2D eigenvalue weighted by atomic mass is 32.2. The zero-order chi connectivity index (χ0) is 20.3. The van der Waals surface area contributed by atoms with Gasteiger partial charge in [0.1, 0.15) is 5.76 Å². The lowest BCUT2D eigenvalue weighted by Crippen LogP contribution is -2.22. The van der Waals surface area contributed by atoms with Crippen molar-refractivity contribution in [2.45, 2.75) is 16.3 Å². The quantitative estimate of drug-likeness (QED) is 0.439. The average molecular weight is 411 g/mol. The number of hydrogen-bond donors (Lipinski definition) is 1. The lowest BCUT2D eigenvalue weighted by atomic mass is 10.1. The molecule has 1 aliphatic heterocycles. The first kappa shape index (κ1) is 18.4. The average Bonchev–Trinajstić information content (AvgIpc) is 3.25. The SMILES string of the molecule is O=C(NCc1ccco1)c1ccc2c(c1)N=C(c1ccccn1)c1ccccc1S2. The Balaban J connectivity index is 1.53. The molecule has 1 amide bonds. The Morgan fingerprint density at radius 2 is 1.87 bits per heavy atom. The Kier molecular flexibility index (Phi) is 4.91. The number of nitrogens with one attached hydrogen (secondary N) is 1. The van der Waals surface area contributed by atoms with Crippen molar-refractivity contribution in [3.05, 3.63) is 108 Å². The van der Waals surface area contributed by atoms with Crippen molar-refractivity contribution < 1.29 is 9.21 Å². The second-order valence-electron chi connectivity index (χ2n) is 6.72. The second-order valence-corrected chi connectivity index (χ2v) is 7.80. The Labute approximate surface area is 177 Å². The largest absolute Gasteiger partial charge is 0.467 e. The van der Waals surface area contributed by atoms with Crippen LogP contribution < -0.4 is 5.32 Å². The number of benzene rings is 2. The molecule has 4 aromatic rings. The lowest BCUT2D eigenvalue weighted by molar-refractivity contribution is 0.0948. The first-order valence-electron chi connectivity index (χ1n) is 9.50. The van der Waals surface area contributed by atoms with Gasteiger partial charge in [0.25, 0.3) is 5.91 Å². The number of aliphatic imine (C=N–C) groups is 1. The van der Waals surface area contributed by atoms with E-state index in [2.05, 4.69) is 22.4 Å². The number of furan rings is 1. The Bertz CT molecular complexity index is 1230. The van der Waals surface area contributed by atoms with Gasteiger partial charge in [-0.05, 0) is 48.5 Å². The van der Waals surface area contributed by atoms with Crippen LogP contribution in [0, 0.1) is 0 Å². The van der Waals surface area contributed by atoms with Crippen LogP contribution in [0.5, 0.6) is 0 Å². The van der Waals surface area contributed by atoms with Crippen molar-refractivity contribution in [2.75, 3.05) is 0 Å². The number of carbonyl (C=O) groups excluding carboxylic acids is 1. The van der Waals surface area contributed by atoms with E-state index in [1.165, 1.54) is 0 Å². The van der Waals surface area contributed by atoms with E-state index in [1.54, 1.807) is 30.3 Å². The molecule has 5 rings (SSSR count). The summed E-state index contributed by atoms with van der Waals surface area (Å²) in [6.07, 6.45) is 3.35. The predicted octanol–water partition coefficient (Wildman–Crippen LogP) is 5.24. The van der Waals surface area contributed by atoms with E-state index < -0.39 is 0 Å². The van der Waals surface area contributed by atoms with Crippen LogP contribution >= 0.6 is 11.8 Å². The van der Waals surface area contributed by atoms with Crippen LogP contribution in [0.1, 0.15) is 27.4 Å². The molecular formula is C24H17N3O2S. The smallest absolute Gasteiger partial charge is 0.251 e. The van der Waals surface area contributed by atoms with Crippen molar-refractivity contribution in [2.24, 2.45) is 4.99 Å². The normalized spacial score (nSPS) is 12.3. The molecule has 0 saturated carbocycles. The number of amides is 1. The number of aromatic nitrogens is 1. The van der Waals surface area contributed by atoms with Crippen molar-refractivity contribution in [1.82, 2.24) is 10.3 Å². The van der Waals surface area contributed by atoms with Gasteiger partial charge >= 0.3 is 0 Å². The van der Waals surface area contributed by atoms with E-state index in [4.69, 9.17) is 9.41 Å². The number of hydrogen-bond acceptors (Lipinski definition) is 5. The molecule has 5 nitrogen and oxygen atoms in total. The zero-order valence-corrected chi connectivity index (χ0v) is 16.7. The lowest BCUT2D eigenvalue weighted by Gasteiger charge is -2.07. The van der Waals surface area contributed by atoms with Crippen LogP contribution in [-0.4, -0.2) is 16.6 Å². The van der Waals surface area contributed by atoms with E-state index >= 15 is 0 Å². The highest BCUT2D eigenvalue weighted by Crippen LogP contribution is 2.41.